The second-order valence-electron chi connectivity index (χ2n) is 4.86. The van der Waals surface area contributed by atoms with Gasteiger partial charge in [0.05, 0.1) is 45.6 Å². The third-order valence-corrected chi connectivity index (χ3v) is 3.28. The largest absolute Gasteiger partial charge is 0.463 e. The summed E-state index contributed by atoms with van der Waals surface area (Å²) in [6, 6.07) is 0. The van der Waals surface area contributed by atoms with Gasteiger partial charge in [-0.25, -0.2) is 0 Å². The van der Waals surface area contributed by atoms with Crippen LogP contribution in [0.15, 0.2) is 0 Å². The molecule has 1 aliphatic heterocycles. The number of hydrogen-bond acceptors (Lipinski definition) is 5. The quantitative estimate of drug-likeness (QED) is 0.585. The maximum atomic E-state index is 11.7. The molecule has 17 heavy (non-hydrogen) atoms. The molecule has 0 unspecified atom stereocenters. The van der Waals surface area contributed by atoms with Gasteiger partial charge in [0, 0.05) is 5.41 Å². The van der Waals surface area contributed by atoms with Crippen molar-refractivity contribution in [2.45, 2.75) is 13.3 Å². The summed E-state index contributed by atoms with van der Waals surface area (Å²) in [4.78, 5) is 11.7. The lowest BCUT2D eigenvalue weighted by Gasteiger charge is -2.13. The lowest BCUT2D eigenvalue weighted by atomic mass is 10.1. The monoisotopic (exact) mass is 244 g/mol. The van der Waals surface area contributed by atoms with E-state index >= 15 is 0 Å². The first-order valence-corrected chi connectivity index (χ1v) is 6.12. The van der Waals surface area contributed by atoms with Gasteiger partial charge in [-0.2, -0.15) is 0 Å². The Bertz CT molecular complexity index is 268. The van der Waals surface area contributed by atoms with E-state index in [0.717, 1.165) is 6.42 Å². The summed E-state index contributed by atoms with van der Waals surface area (Å²) in [6.07, 6.45) is 0.855. The minimum atomic E-state index is -0.118. The molecule has 1 saturated heterocycles. The molecule has 2 fully saturated rings. The molecule has 0 spiro atoms. The zero-order valence-corrected chi connectivity index (χ0v) is 10.3. The summed E-state index contributed by atoms with van der Waals surface area (Å²) in [5.41, 5.74) is -0.0396. The Labute approximate surface area is 101 Å². The zero-order valence-electron chi connectivity index (χ0n) is 10.3. The van der Waals surface area contributed by atoms with E-state index in [-0.39, 0.29) is 17.3 Å². The van der Waals surface area contributed by atoms with E-state index in [1.807, 2.05) is 0 Å². The molecule has 0 aromatic heterocycles. The Kier molecular flexibility index (Phi) is 4.36. The first-order valence-electron chi connectivity index (χ1n) is 6.12. The average molecular weight is 244 g/mol. The molecular weight excluding hydrogens is 224 g/mol. The minimum Gasteiger partial charge on any atom is -0.463 e. The number of fused-ring (bicyclic) bond motifs is 1. The lowest BCUT2D eigenvalue weighted by Crippen LogP contribution is -2.20. The van der Waals surface area contributed by atoms with Gasteiger partial charge in [0.1, 0.15) is 6.61 Å². The van der Waals surface area contributed by atoms with E-state index in [2.05, 4.69) is 6.92 Å². The maximum Gasteiger partial charge on any atom is 0.309 e. The van der Waals surface area contributed by atoms with Crippen LogP contribution in [0.1, 0.15) is 13.3 Å². The van der Waals surface area contributed by atoms with Crippen LogP contribution in [0.2, 0.25) is 0 Å². The molecule has 2 rings (SSSR count). The fourth-order valence-corrected chi connectivity index (χ4v) is 1.98. The standard InChI is InChI=1S/C12H20O5/c1-12-8-10(12)11(13)17-7-6-15-3-2-14-4-5-16-9-12/h10H,2-9H2,1H3/t10-,12+/m1/s1. The third kappa shape index (κ3) is 3.66. The van der Waals surface area contributed by atoms with Crippen molar-refractivity contribution >= 4 is 5.97 Å². The smallest absolute Gasteiger partial charge is 0.309 e. The first-order chi connectivity index (χ1) is 8.22. The van der Waals surface area contributed by atoms with Crippen molar-refractivity contribution in [3.8, 4) is 0 Å². The summed E-state index contributed by atoms with van der Waals surface area (Å²) < 4.78 is 21.2. The van der Waals surface area contributed by atoms with Gasteiger partial charge in [0.2, 0.25) is 0 Å². The fourth-order valence-electron chi connectivity index (χ4n) is 1.98. The number of esters is 1. The number of cyclic esters (lactones) is 1. The van der Waals surface area contributed by atoms with Crippen molar-refractivity contribution in [3.63, 3.8) is 0 Å². The van der Waals surface area contributed by atoms with Crippen LogP contribution < -0.4 is 0 Å². The van der Waals surface area contributed by atoms with Gasteiger partial charge >= 0.3 is 5.97 Å². The molecule has 2 aliphatic rings. The van der Waals surface area contributed by atoms with Gasteiger partial charge in [0.25, 0.3) is 0 Å². The molecule has 0 N–H and O–H groups in total. The first kappa shape index (κ1) is 12.8. The Morgan fingerprint density at radius 3 is 2.29 bits per heavy atom. The molecule has 0 radical (unpaired) electrons. The van der Waals surface area contributed by atoms with Crippen molar-refractivity contribution < 1.29 is 23.7 Å². The minimum absolute atomic E-state index is 0.00800. The molecule has 1 heterocycles. The van der Waals surface area contributed by atoms with Crippen molar-refractivity contribution in [2.24, 2.45) is 11.3 Å². The number of carbonyl (C=O) groups is 1. The van der Waals surface area contributed by atoms with Gasteiger partial charge in [-0.05, 0) is 6.42 Å². The summed E-state index contributed by atoms with van der Waals surface area (Å²) in [5, 5.41) is 0. The normalized spacial score (nSPS) is 36.5. The number of carbonyl (C=O) groups excluding carboxylic acids is 1. The SMILES string of the molecule is C[C@]12COCCOCCOCCOC(=O)[C@H]1C2. The van der Waals surface area contributed by atoms with E-state index < -0.39 is 0 Å². The molecule has 5 nitrogen and oxygen atoms in total. The summed E-state index contributed by atoms with van der Waals surface area (Å²) in [6.45, 7) is 5.65. The molecule has 0 amide bonds. The molecule has 1 saturated carbocycles. The van der Waals surface area contributed by atoms with E-state index in [1.165, 1.54) is 0 Å². The van der Waals surface area contributed by atoms with E-state index in [4.69, 9.17) is 18.9 Å². The Hall–Kier alpha value is -0.650. The molecule has 5 heteroatoms. The van der Waals surface area contributed by atoms with Crippen LogP contribution in [-0.2, 0) is 23.7 Å². The third-order valence-electron chi connectivity index (χ3n) is 3.28. The van der Waals surface area contributed by atoms with Crippen LogP contribution in [0.5, 0.6) is 0 Å². The highest BCUT2D eigenvalue weighted by Crippen LogP contribution is 2.52. The van der Waals surface area contributed by atoms with Crippen LogP contribution in [0.4, 0.5) is 0 Å². The van der Waals surface area contributed by atoms with Crippen LogP contribution >= 0.6 is 0 Å². The van der Waals surface area contributed by atoms with Gasteiger partial charge < -0.3 is 18.9 Å². The molecule has 2 atom stereocenters. The predicted octanol–water partition coefficient (Wildman–Crippen LogP) is 0.619. The Morgan fingerprint density at radius 1 is 1.00 bits per heavy atom. The van der Waals surface area contributed by atoms with Crippen molar-refractivity contribution in [2.75, 3.05) is 46.2 Å². The lowest BCUT2D eigenvalue weighted by molar-refractivity contribution is -0.148. The zero-order chi connectivity index (χ0) is 12.1. The van der Waals surface area contributed by atoms with E-state index in [9.17, 15) is 4.79 Å². The second kappa shape index (κ2) is 5.80. The van der Waals surface area contributed by atoms with Crippen LogP contribution in [0.25, 0.3) is 0 Å². The molecule has 0 aromatic rings. The average Bonchev–Trinajstić information content (AvgIpc) is 2.98. The summed E-state index contributed by atoms with van der Waals surface area (Å²) in [7, 11) is 0. The summed E-state index contributed by atoms with van der Waals surface area (Å²) in [5.74, 6) is -0.126. The van der Waals surface area contributed by atoms with Gasteiger partial charge in [-0.1, -0.05) is 6.92 Å². The Morgan fingerprint density at radius 2 is 1.59 bits per heavy atom. The molecular formula is C12H20O5. The topological polar surface area (TPSA) is 54.0 Å². The molecule has 98 valence electrons. The van der Waals surface area contributed by atoms with Crippen LogP contribution in [-0.4, -0.2) is 52.2 Å². The number of rotatable bonds is 0. The molecule has 0 aromatic carbocycles. The molecule has 0 bridgehead atoms. The van der Waals surface area contributed by atoms with E-state index in [0.29, 0.717) is 46.2 Å². The molecule has 1 aliphatic carbocycles. The fraction of sp³-hybridized carbons (Fsp3) is 0.917. The van der Waals surface area contributed by atoms with Gasteiger partial charge in [-0.3, -0.25) is 4.79 Å². The number of hydrogen-bond donors (Lipinski definition) is 0. The van der Waals surface area contributed by atoms with Crippen molar-refractivity contribution in [3.05, 3.63) is 0 Å². The van der Waals surface area contributed by atoms with Crippen molar-refractivity contribution in [1.29, 1.82) is 0 Å². The highest BCUT2D eigenvalue weighted by molar-refractivity contribution is 5.76. The van der Waals surface area contributed by atoms with Crippen LogP contribution in [0, 0.1) is 11.3 Å². The van der Waals surface area contributed by atoms with Gasteiger partial charge in [0.15, 0.2) is 0 Å². The maximum absolute atomic E-state index is 11.7. The highest BCUT2D eigenvalue weighted by Gasteiger charge is 2.55. The summed E-state index contributed by atoms with van der Waals surface area (Å²) >= 11 is 0. The predicted molar refractivity (Wildman–Crippen MR) is 59.6 cm³/mol. The highest BCUT2D eigenvalue weighted by atomic mass is 16.6. The number of ether oxygens (including phenoxy) is 4. The Balaban J connectivity index is 1.79. The second-order valence-corrected chi connectivity index (χ2v) is 4.86. The van der Waals surface area contributed by atoms with E-state index in [1.54, 1.807) is 0 Å². The van der Waals surface area contributed by atoms with Gasteiger partial charge in [-0.15, -0.1) is 0 Å². The van der Waals surface area contributed by atoms with Crippen LogP contribution in [0.3, 0.4) is 0 Å². The van der Waals surface area contributed by atoms with Crippen molar-refractivity contribution in [1.82, 2.24) is 0 Å².